The Bertz CT molecular complexity index is 545. The van der Waals surface area contributed by atoms with Crippen molar-refractivity contribution in [2.75, 3.05) is 31.5 Å². The van der Waals surface area contributed by atoms with E-state index in [1.165, 1.54) is 6.20 Å². The Kier molecular flexibility index (Phi) is 5.55. The number of nitrogens with zero attached hydrogens (tertiary/aromatic N) is 2. The number of hydrogen-bond acceptors (Lipinski definition) is 5. The molecule has 0 radical (unpaired) electrons. The van der Waals surface area contributed by atoms with Gasteiger partial charge in [-0.25, -0.2) is 18.1 Å². The molecule has 0 aliphatic carbocycles. The predicted molar refractivity (Wildman–Crippen MR) is 83.9 cm³/mol. The highest BCUT2D eigenvalue weighted by atomic mass is 32.2. The number of aromatic nitrogens is 1. The van der Waals surface area contributed by atoms with Gasteiger partial charge in [-0.1, -0.05) is 6.92 Å². The van der Waals surface area contributed by atoms with Crippen molar-refractivity contribution in [1.29, 1.82) is 0 Å². The van der Waals surface area contributed by atoms with Crippen LogP contribution in [0.3, 0.4) is 0 Å². The highest BCUT2D eigenvalue weighted by Crippen LogP contribution is 2.17. The standard InChI is InChI=1S/C14H24N4O2S/c1-3-15-14-8-7-13(11-16-14)21(19,20)17-10-12-6-5-9-18(12)4-2/h7-8,11-12,17H,3-6,9-10H2,1-2H3,(H,15,16). The van der Waals surface area contributed by atoms with Gasteiger partial charge in [0, 0.05) is 25.3 Å². The zero-order valence-corrected chi connectivity index (χ0v) is 13.5. The van der Waals surface area contributed by atoms with E-state index in [0.717, 1.165) is 32.5 Å². The largest absolute Gasteiger partial charge is 0.370 e. The van der Waals surface area contributed by atoms with Crippen molar-refractivity contribution in [3.05, 3.63) is 18.3 Å². The molecule has 21 heavy (non-hydrogen) atoms. The molecule has 1 saturated heterocycles. The quantitative estimate of drug-likeness (QED) is 0.793. The molecule has 0 saturated carbocycles. The molecular weight excluding hydrogens is 288 g/mol. The fraction of sp³-hybridized carbons (Fsp3) is 0.643. The van der Waals surface area contributed by atoms with Gasteiger partial charge in [-0.3, -0.25) is 4.90 Å². The Morgan fingerprint density at radius 3 is 2.81 bits per heavy atom. The fourth-order valence-electron chi connectivity index (χ4n) is 2.66. The lowest BCUT2D eigenvalue weighted by molar-refractivity contribution is 0.268. The minimum atomic E-state index is -3.48. The molecule has 1 aliphatic rings. The third kappa shape index (κ3) is 4.15. The second-order valence-electron chi connectivity index (χ2n) is 5.19. The van der Waals surface area contributed by atoms with Gasteiger partial charge in [0.25, 0.3) is 0 Å². The van der Waals surface area contributed by atoms with Crippen LogP contribution in [0.5, 0.6) is 0 Å². The Morgan fingerprint density at radius 2 is 2.19 bits per heavy atom. The van der Waals surface area contributed by atoms with Gasteiger partial charge in [0.15, 0.2) is 0 Å². The van der Waals surface area contributed by atoms with E-state index in [0.29, 0.717) is 18.4 Å². The molecule has 1 aromatic rings. The number of anilines is 1. The van der Waals surface area contributed by atoms with Crippen LogP contribution in [-0.4, -0.2) is 50.5 Å². The maximum absolute atomic E-state index is 12.3. The third-order valence-corrected chi connectivity index (χ3v) is 5.23. The van der Waals surface area contributed by atoms with Crippen LogP contribution >= 0.6 is 0 Å². The van der Waals surface area contributed by atoms with E-state index in [1.807, 2.05) is 6.92 Å². The first-order chi connectivity index (χ1) is 10.1. The SMILES string of the molecule is CCNc1ccc(S(=O)(=O)NCC2CCCN2CC)cn1. The summed E-state index contributed by atoms with van der Waals surface area (Å²) in [5.74, 6) is 0.685. The highest BCUT2D eigenvalue weighted by molar-refractivity contribution is 7.89. The van der Waals surface area contributed by atoms with Crippen LogP contribution in [-0.2, 0) is 10.0 Å². The van der Waals surface area contributed by atoms with Gasteiger partial charge >= 0.3 is 0 Å². The molecule has 0 bridgehead atoms. The van der Waals surface area contributed by atoms with Crippen molar-refractivity contribution in [3.8, 4) is 0 Å². The van der Waals surface area contributed by atoms with Gasteiger partial charge in [0.05, 0.1) is 0 Å². The van der Waals surface area contributed by atoms with Crippen LogP contribution in [0.15, 0.2) is 23.2 Å². The summed E-state index contributed by atoms with van der Waals surface area (Å²) in [5, 5.41) is 3.04. The Balaban J connectivity index is 1.97. The Labute approximate surface area is 127 Å². The van der Waals surface area contributed by atoms with E-state index in [2.05, 4.69) is 26.8 Å². The summed E-state index contributed by atoms with van der Waals surface area (Å²) in [4.78, 5) is 6.63. The fourth-order valence-corrected chi connectivity index (χ4v) is 3.67. The van der Waals surface area contributed by atoms with Crippen LogP contribution in [0.2, 0.25) is 0 Å². The van der Waals surface area contributed by atoms with Crippen LogP contribution in [0, 0.1) is 0 Å². The highest BCUT2D eigenvalue weighted by Gasteiger charge is 2.25. The first kappa shape index (κ1) is 16.2. The molecule has 7 heteroatoms. The Morgan fingerprint density at radius 1 is 1.38 bits per heavy atom. The van der Waals surface area contributed by atoms with Crippen molar-refractivity contribution in [2.45, 2.75) is 37.6 Å². The maximum Gasteiger partial charge on any atom is 0.242 e. The molecule has 1 atom stereocenters. The monoisotopic (exact) mass is 312 g/mol. The molecule has 2 rings (SSSR count). The summed E-state index contributed by atoms with van der Waals surface area (Å²) in [6.07, 6.45) is 3.58. The van der Waals surface area contributed by atoms with Crippen molar-refractivity contribution in [3.63, 3.8) is 0 Å². The summed E-state index contributed by atoms with van der Waals surface area (Å²) >= 11 is 0. The van der Waals surface area contributed by atoms with Crippen LogP contribution in [0.1, 0.15) is 26.7 Å². The molecule has 1 fully saturated rings. The number of nitrogens with one attached hydrogen (secondary N) is 2. The molecular formula is C14H24N4O2S. The van der Waals surface area contributed by atoms with E-state index < -0.39 is 10.0 Å². The summed E-state index contributed by atoms with van der Waals surface area (Å²) in [7, 11) is -3.48. The lowest BCUT2D eigenvalue weighted by Gasteiger charge is -2.22. The summed E-state index contributed by atoms with van der Waals surface area (Å²) < 4.78 is 27.2. The second-order valence-corrected chi connectivity index (χ2v) is 6.95. The molecule has 0 amide bonds. The third-order valence-electron chi connectivity index (χ3n) is 3.82. The topological polar surface area (TPSA) is 74.3 Å². The molecule has 1 aliphatic heterocycles. The van der Waals surface area contributed by atoms with Crippen LogP contribution < -0.4 is 10.0 Å². The molecule has 118 valence electrons. The summed E-state index contributed by atoms with van der Waals surface area (Å²) in [6, 6.07) is 3.57. The number of likely N-dealkylation sites (tertiary alicyclic amines) is 1. The molecule has 1 unspecified atom stereocenters. The number of pyridine rings is 1. The zero-order valence-electron chi connectivity index (χ0n) is 12.7. The molecule has 6 nitrogen and oxygen atoms in total. The Hall–Kier alpha value is -1.18. The van der Waals surface area contributed by atoms with E-state index in [1.54, 1.807) is 12.1 Å². The average Bonchev–Trinajstić information content (AvgIpc) is 2.94. The van der Waals surface area contributed by atoms with Gasteiger partial charge in [0.1, 0.15) is 10.7 Å². The van der Waals surface area contributed by atoms with Crippen LogP contribution in [0.4, 0.5) is 5.82 Å². The number of likely N-dealkylation sites (N-methyl/N-ethyl adjacent to an activating group) is 1. The van der Waals surface area contributed by atoms with Crippen LogP contribution in [0.25, 0.3) is 0 Å². The van der Waals surface area contributed by atoms with Crippen molar-refractivity contribution < 1.29 is 8.42 Å². The van der Waals surface area contributed by atoms with Crippen molar-refractivity contribution in [2.24, 2.45) is 0 Å². The molecule has 0 aromatic carbocycles. The minimum Gasteiger partial charge on any atom is -0.370 e. The summed E-state index contributed by atoms with van der Waals surface area (Å²) in [6.45, 7) is 7.31. The molecule has 2 N–H and O–H groups in total. The number of sulfonamides is 1. The van der Waals surface area contributed by atoms with Crippen molar-refractivity contribution >= 4 is 15.8 Å². The maximum atomic E-state index is 12.3. The lowest BCUT2D eigenvalue weighted by atomic mass is 10.2. The van der Waals surface area contributed by atoms with E-state index in [-0.39, 0.29) is 4.90 Å². The number of hydrogen-bond donors (Lipinski definition) is 2. The first-order valence-corrected chi connectivity index (χ1v) is 8.98. The number of rotatable bonds is 7. The lowest BCUT2D eigenvalue weighted by Crippen LogP contribution is -2.40. The zero-order chi connectivity index (χ0) is 15.3. The predicted octanol–water partition coefficient (Wildman–Crippen LogP) is 1.28. The van der Waals surface area contributed by atoms with Gasteiger partial charge in [-0.15, -0.1) is 0 Å². The molecule has 2 heterocycles. The van der Waals surface area contributed by atoms with Gasteiger partial charge in [0.2, 0.25) is 10.0 Å². The summed E-state index contributed by atoms with van der Waals surface area (Å²) in [5.41, 5.74) is 0. The first-order valence-electron chi connectivity index (χ1n) is 7.50. The normalized spacial score (nSPS) is 19.8. The van der Waals surface area contributed by atoms with E-state index in [4.69, 9.17) is 0 Å². The average molecular weight is 312 g/mol. The van der Waals surface area contributed by atoms with Gasteiger partial charge in [-0.05, 0) is 45.0 Å². The second kappa shape index (κ2) is 7.20. The van der Waals surface area contributed by atoms with E-state index >= 15 is 0 Å². The molecule has 1 aromatic heterocycles. The van der Waals surface area contributed by atoms with Crippen molar-refractivity contribution in [1.82, 2.24) is 14.6 Å². The smallest absolute Gasteiger partial charge is 0.242 e. The van der Waals surface area contributed by atoms with Gasteiger partial charge < -0.3 is 5.32 Å². The minimum absolute atomic E-state index is 0.213. The van der Waals surface area contributed by atoms with Gasteiger partial charge in [-0.2, -0.15) is 0 Å². The van der Waals surface area contributed by atoms with E-state index in [9.17, 15) is 8.42 Å². The molecule has 0 spiro atoms.